The van der Waals surface area contributed by atoms with Crippen molar-refractivity contribution in [3.63, 3.8) is 0 Å². The van der Waals surface area contributed by atoms with E-state index in [9.17, 15) is 14.0 Å². The van der Waals surface area contributed by atoms with Crippen molar-refractivity contribution in [2.24, 2.45) is 0 Å². The third-order valence-electron chi connectivity index (χ3n) is 4.22. The van der Waals surface area contributed by atoms with Crippen molar-refractivity contribution in [3.8, 4) is 11.4 Å². The summed E-state index contributed by atoms with van der Waals surface area (Å²) in [5, 5.41) is 0. The van der Waals surface area contributed by atoms with E-state index in [2.05, 4.69) is 4.98 Å². The zero-order chi connectivity index (χ0) is 19.4. The number of aromatic nitrogens is 2. The predicted octanol–water partition coefficient (Wildman–Crippen LogP) is 3.41. The molecule has 27 heavy (non-hydrogen) atoms. The van der Waals surface area contributed by atoms with E-state index in [1.807, 2.05) is 37.3 Å². The second-order valence-corrected chi connectivity index (χ2v) is 6.13. The van der Waals surface area contributed by atoms with Crippen molar-refractivity contribution in [1.29, 1.82) is 0 Å². The minimum Gasteiger partial charge on any atom is -0.311 e. The highest BCUT2D eigenvalue weighted by atomic mass is 19.1. The van der Waals surface area contributed by atoms with Gasteiger partial charge in [0.05, 0.1) is 0 Å². The maximum absolute atomic E-state index is 13.3. The summed E-state index contributed by atoms with van der Waals surface area (Å²) < 4.78 is 14.6. The number of rotatable bonds is 5. The van der Waals surface area contributed by atoms with Gasteiger partial charge in [0, 0.05) is 29.6 Å². The Morgan fingerprint density at radius 1 is 1.11 bits per heavy atom. The van der Waals surface area contributed by atoms with E-state index in [0.717, 1.165) is 5.69 Å². The maximum Gasteiger partial charge on any atom is 0.254 e. The third-order valence-corrected chi connectivity index (χ3v) is 4.22. The Balaban J connectivity index is 2.00. The van der Waals surface area contributed by atoms with E-state index in [-0.39, 0.29) is 23.8 Å². The number of carbonyl (C=O) groups excluding carboxylic acids is 1. The molecule has 2 aromatic carbocycles. The normalized spacial score (nSPS) is 10.6. The third kappa shape index (κ3) is 4.11. The zero-order valence-electron chi connectivity index (χ0n) is 15.2. The summed E-state index contributed by atoms with van der Waals surface area (Å²) >= 11 is 0. The average molecular weight is 365 g/mol. The van der Waals surface area contributed by atoms with Gasteiger partial charge in [-0.05, 0) is 50.2 Å². The van der Waals surface area contributed by atoms with Crippen LogP contribution in [0.3, 0.4) is 0 Å². The number of halogens is 1. The van der Waals surface area contributed by atoms with Gasteiger partial charge >= 0.3 is 0 Å². The molecule has 0 aliphatic rings. The number of carbonyl (C=O) groups is 1. The average Bonchev–Trinajstić information content (AvgIpc) is 2.66. The number of para-hydroxylation sites is 1. The van der Waals surface area contributed by atoms with Gasteiger partial charge < -0.3 is 4.90 Å². The molecule has 0 aliphatic carbocycles. The lowest BCUT2D eigenvalue weighted by Gasteiger charge is -2.22. The zero-order valence-corrected chi connectivity index (χ0v) is 15.2. The van der Waals surface area contributed by atoms with Crippen LogP contribution in [0.5, 0.6) is 0 Å². The summed E-state index contributed by atoms with van der Waals surface area (Å²) in [6.07, 6.45) is 0. The van der Waals surface area contributed by atoms with Gasteiger partial charge in [0.15, 0.2) is 0 Å². The van der Waals surface area contributed by atoms with E-state index in [1.54, 1.807) is 24.0 Å². The van der Waals surface area contributed by atoms with Crippen LogP contribution in [0.15, 0.2) is 65.5 Å². The molecule has 3 aromatic rings. The Bertz CT molecular complexity index is 998. The fourth-order valence-electron chi connectivity index (χ4n) is 2.92. The Labute approximate surface area is 156 Å². The highest BCUT2D eigenvalue weighted by Crippen LogP contribution is 2.18. The topological polar surface area (TPSA) is 55.2 Å². The summed E-state index contributed by atoms with van der Waals surface area (Å²) in [6.45, 7) is 3.91. The number of benzene rings is 2. The Morgan fingerprint density at radius 2 is 1.78 bits per heavy atom. The first kappa shape index (κ1) is 18.5. The molecule has 0 atom stereocenters. The van der Waals surface area contributed by atoms with Gasteiger partial charge in [-0.25, -0.2) is 9.37 Å². The number of hydrogen-bond acceptors (Lipinski definition) is 3. The maximum atomic E-state index is 13.3. The van der Waals surface area contributed by atoms with Gasteiger partial charge in [0.2, 0.25) is 5.91 Å². The molecular weight excluding hydrogens is 345 g/mol. The quantitative estimate of drug-likeness (QED) is 0.696. The molecule has 0 N–H and O–H groups in total. The molecule has 0 saturated heterocycles. The lowest BCUT2D eigenvalue weighted by atomic mass is 10.2. The molecule has 0 unspecified atom stereocenters. The van der Waals surface area contributed by atoms with E-state index >= 15 is 0 Å². The van der Waals surface area contributed by atoms with Gasteiger partial charge in [0.25, 0.3) is 5.56 Å². The lowest BCUT2D eigenvalue weighted by molar-refractivity contribution is -0.119. The fraction of sp³-hybridized carbons (Fsp3) is 0.190. The number of hydrogen-bond donors (Lipinski definition) is 0. The molecule has 0 fully saturated rings. The number of amides is 1. The van der Waals surface area contributed by atoms with E-state index in [1.165, 1.54) is 22.8 Å². The molecule has 1 aromatic heterocycles. The molecule has 1 amide bonds. The smallest absolute Gasteiger partial charge is 0.254 e. The summed E-state index contributed by atoms with van der Waals surface area (Å²) in [4.78, 5) is 31.5. The largest absolute Gasteiger partial charge is 0.311 e. The molecule has 138 valence electrons. The van der Waals surface area contributed by atoms with Crippen LogP contribution in [0.2, 0.25) is 0 Å². The standard InChI is InChI=1S/C21H20FN3O2/c1-3-24(18-7-5-4-6-8-18)20(27)14-25-19(26)13-15(2)23-21(25)16-9-11-17(22)12-10-16/h4-13H,3,14H2,1-2H3. The van der Waals surface area contributed by atoms with Crippen LogP contribution >= 0.6 is 0 Å². The Morgan fingerprint density at radius 3 is 2.41 bits per heavy atom. The van der Waals surface area contributed by atoms with Crippen LogP contribution in [0.4, 0.5) is 10.1 Å². The first-order valence-electron chi connectivity index (χ1n) is 8.69. The Kier molecular flexibility index (Phi) is 5.45. The summed E-state index contributed by atoms with van der Waals surface area (Å²) in [7, 11) is 0. The van der Waals surface area contributed by atoms with Crippen LogP contribution in [-0.4, -0.2) is 22.0 Å². The van der Waals surface area contributed by atoms with Crippen molar-refractivity contribution in [3.05, 3.63) is 82.5 Å². The number of anilines is 1. The first-order valence-corrected chi connectivity index (χ1v) is 8.69. The first-order chi connectivity index (χ1) is 13.0. The number of aryl methyl sites for hydroxylation is 1. The van der Waals surface area contributed by atoms with Gasteiger partial charge in [-0.15, -0.1) is 0 Å². The molecule has 6 heteroatoms. The van der Waals surface area contributed by atoms with Gasteiger partial charge in [-0.1, -0.05) is 18.2 Å². The van der Waals surface area contributed by atoms with Gasteiger partial charge in [-0.2, -0.15) is 0 Å². The fourth-order valence-corrected chi connectivity index (χ4v) is 2.92. The molecule has 0 saturated carbocycles. The highest BCUT2D eigenvalue weighted by molar-refractivity contribution is 5.93. The monoisotopic (exact) mass is 365 g/mol. The Hall–Kier alpha value is -3.28. The molecule has 3 rings (SSSR count). The van der Waals surface area contributed by atoms with Crippen LogP contribution in [-0.2, 0) is 11.3 Å². The van der Waals surface area contributed by atoms with Crippen molar-refractivity contribution >= 4 is 11.6 Å². The van der Waals surface area contributed by atoms with Crippen LogP contribution in [0.25, 0.3) is 11.4 Å². The highest BCUT2D eigenvalue weighted by Gasteiger charge is 2.18. The number of nitrogens with zero attached hydrogens (tertiary/aromatic N) is 3. The molecule has 0 bridgehead atoms. The van der Waals surface area contributed by atoms with Crippen molar-refractivity contribution in [2.75, 3.05) is 11.4 Å². The van der Waals surface area contributed by atoms with Gasteiger partial charge in [0.1, 0.15) is 18.2 Å². The second kappa shape index (κ2) is 7.95. The van der Waals surface area contributed by atoms with Crippen LogP contribution < -0.4 is 10.5 Å². The van der Waals surface area contributed by atoms with E-state index < -0.39 is 0 Å². The summed E-state index contributed by atoms with van der Waals surface area (Å²) in [5.41, 5.74) is 1.56. The summed E-state index contributed by atoms with van der Waals surface area (Å²) in [6, 6.07) is 16.4. The minimum absolute atomic E-state index is 0.151. The molecule has 0 radical (unpaired) electrons. The summed E-state index contributed by atoms with van der Waals surface area (Å²) in [5.74, 6) is -0.255. The van der Waals surface area contributed by atoms with Crippen molar-refractivity contribution in [1.82, 2.24) is 9.55 Å². The minimum atomic E-state index is -0.377. The lowest BCUT2D eigenvalue weighted by Crippen LogP contribution is -2.37. The molecule has 0 spiro atoms. The van der Waals surface area contributed by atoms with Crippen LogP contribution in [0.1, 0.15) is 12.6 Å². The van der Waals surface area contributed by atoms with E-state index in [4.69, 9.17) is 0 Å². The molecule has 0 aliphatic heterocycles. The van der Waals surface area contributed by atoms with Gasteiger partial charge in [-0.3, -0.25) is 14.2 Å². The number of likely N-dealkylation sites (N-methyl/N-ethyl adjacent to an activating group) is 1. The van der Waals surface area contributed by atoms with E-state index in [0.29, 0.717) is 23.6 Å². The van der Waals surface area contributed by atoms with Crippen LogP contribution in [0, 0.1) is 12.7 Å². The molecular formula is C21H20FN3O2. The molecule has 5 nitrogen and oxygen atoms in total. The molecule has 1 heterocycles. The predicted molar refractivity (Wildman–Crippen MR) is 103 cm³/mol. The van der Waals surface area contributed by atoms with Crippen molar-refractivity contribution < 1.29 is 9.18 Å². The van der Waals surface area contributed by atoms with Crippen molar-refractivity contribution in [2.45, 2.75) is 20.4 Å². The second-order valence-electron chi connectivity index (χ2n) is 6.13. The SMILES string of the molecule is CCN(C(=O)Cn1c(-c2ccc(F)cc2)nc(C)cc1=O)c1ccccc1.